The number of hydrogen-bond donors (Lipinski definition) is 2. The van der Waals surface area contributed by atoms with Gasteiger partial charge in [-0.2, -0.15) is 0 Å². The fraction of sp³-hybridized carbons (Fsp3) is 0.583. The number of nitrogens with zero attached hydrogens (tertiary/aromatic N) is 1. The highest BCUT2D eigenvalue weighted by molar-refractivity contribution is 5.48. The van der Waals surface area contributed by atoms with Crippen LogP contribution in [0.3, 0.4) is 0 Å². The molecule has 2 N–H and O–H groups in total. The van der Waals surface area contributed by atoms with Crippen LogP contribution in [0.15, 0.2) is 6.07 Å². The molecule has 2 saturated heterocycles. The lowest BCUT2D eigenvalue weighted by molar-refractivity contribution is 0.102. The highest BCUT2D eigenvalue weighted by atomic mass is 19.1. The zero-order chi connectivity index (χ0) is 12.7. The van der Waals surface area contributed by atoms with Gasteiger partial charge in [0.05, 0.1) is 18.2 Å². The maximum Gasteiger partial charge on any atom is 0.168 e. The van der Waals surface area contributed by atoms with Crippen molar-refractivity contribution in [3.63, 3.8) is 0 Å². The van der Waals surface area contributed by atoms with Crippen molar-refractivity contribution in [1.82, 2.24) is 4.98 Å². The number of pyridine rings is 1. The first kappa shape index (κ1) is 11.6. The van der Waals surface area contributed by atoms with Crippen molar-refractivity contribution in [3.05, 3.63) is 17.7 Å². The molecule has 18 heavy (non-hydrogen) atoms. The molecule has 0 saturated carbocycles. The van der Waals surface area contributed by atoms with Crippen LogP contribution in [0.2, 0.25) is 0 Å². The fourth-order valence-electron chi connectivity index (χ4n) is 2.71. The monoisotopic (exact) mass is 255 g/mol. The van der Waals surface area contributed by atoms with E-state index in [-0.39, 0.29) is 29.9 Å². The zero-order valence-corrected chi connectivity index (χ0v) is 10.0. The highest BCUT2D eigenvalue weighted by Crippen LogP contribution is 2.36. The molecule has 3 unspecified atom stereocenters. The first-order valence-electron chi connectivity index (χ1n) is 6.13. The second-order valence-corrected chi connectivity index (χ2v) is 4.76. The maximum atomic E-state index is 13.6. The van der Waals surface area contributed by atoms with Gasteiger partial charge in [0, 0.05) is 13.1 Å². The first-order chi connectivity index (χ1) is 8.67. The molecule has 3 atom stereocenters. The smallest absolute Gasteiger partial charge is 0.168 e. The number of nitrogens with one attached hydrogen (secondary N) is 2. The van der Waals surface area contributed by atoms with Crippen LogP contribution in [0, 0.1) is 11.6 Å². The van der Waals surface area contributed by atoms with Crippen molar-refractivity contribution in [2.24, 2.45) is 0 Å². The lowest BCUT2D eigenvalue weighted by Gasteiger charge is -2.21. The third kappa shape index (κ3) is 1.90. The Bertz CT molecular complexity index is 469. The quantitative estimate of drug-likeness (QED) is 0.868. The van der Waals surface area contributed by atoms with Crippen molar-refractivity contribution in [2.45, 2.75) is 37.5 Å². The Morgan fingerprint density at radius 3 is 2.67 bits per heavy atom. The number of anilines is 2. The minimum absolute atomic E-state index is 0.0444. The normalized spacial score (nSPS) is 29.6. The Kier molecular flexibility index (Phi) is 2.81. The van der Waals surface area contributed by atoms with Crippen LogP contribution < -0.4 is 10.6 Å². The number of fused-ring (bicyclic) bond motifs is 2. The second kappa shape index (κ2) is 4.35. The summed E-state index contributed by atoms with van der Waals surface area (Å²) in [5.74, 6) is -1.23. The molecule has 2 aliphatic rings. The van der Waals surface area contributed by atoms with Gasteiger partial charge in [-0.05, 0) is 19.3 Å². The maximum absolute atomic E-state index is 13.6. The van der Waals surface area contributed by atoms with E-state index in [4.69, 9.17) is 4.74 Å². The second-order valence-electron chi connectivity index (χ2n) is 4.76. The molecule has 1 aromatic rings. The number of halogens is 2. The molecule has 0 spiro atoms. The van der Waals surface area contributed by atoms with Crippen LogP contribution in [-0.2, 0) is 4.74 Å². The zero-order valence-electron chi connectivity index (χ0n) is 10.0. The average Bonchev–Trinajstić information content (AvgIpc) is 2.94. The minimum Gasteiger partial charge on any atom is -0.373 e. The molecule has 0 amide bonds. The van der Waals surface area contributed by atoms with Gasteiger partial charge in [-0.3, -0.25) is 0 Å². The molecule has 6 heteroatoms. The standard InChI is InChI=1S/C12H15F2N3O/c1-15-11-7(13)5-8(14)12(17-11)16-9-4-6-2-3-10(9)18-6/h5-6,9-10H,2-4H2,1H3,(H2,15,16,17). The van der Waals surface area contributed by atoms with E-state index in [2.05, 4.69) is 15.6 Å². The number of rotatable bonds is 3. The molecule has 3 rings (SSSR count). The Morgan fingerprint density at radius 2 is 2.06 bits per heavy atom. The first-order valence-corrected chi connectivity index (χ1v) is 6.13. The van der Waals surface area contributed by atoms with Gasteiger partial charge in [-0.15, -0.1) is 0 Å². The van der Waals surface area contributed by atoms with Crippen LogP contribution in [0.4, 0.5) is 20.4 Å². The molecular weight excluding hydrogens is 240 g/mol. The Morgan fingerprint density at radius 1 is 1.28 bits per heavy atom. The lowest BCUT2D eigenvalue weighted by atomic mass is 9.95. The molecule has 4 nitrogen and oxygen atoms in total. The van der Waals surface area contributed by atoms with Crippen LogP contribution in [-0.4, -0.2) is 30.3 Å². The average molecular weight is 255 g/mol. The molecule has 2 bridgehead atoms. The van der Waals surface area contributed by atoms with Gasteiger partial charge < -0.3 is 15.4 Å². The molecule has 2 fully saturated rings. The van der Waals surface area contributed by atoms with Crippen LogP contribution >= 0.6 is 0 Å². The van der Waals surface area contributed by atoms with Gasteiger partial charge in [0.25, 0.3) is 0 Å². The van der Waals surface area contributed by atoms with Crippen molar-refractivity contribution >= 4 is 11.6 Å². The van der Waals surface area contributed by atoms with Crippen molar-refractivity contribution in [2.75, 3.05) is 17.7 Å². The Hall–Kier alpha value is -1.43. The topological polar surface area (TPSA) is 46.2 Å². The summed E-state index contributed by atoms with van der Waals surface area (Å²) in [6.45, 7) is 0. The van der Waals surface area contributed by atoms with E-state index in [0.717, 1.165) is 25.3 Å². The van der Waals surface area contributed by atoms with Crippen molar-refractivity contribution in [1.29, 1.82) is 0 Å². The van der Waals surface area contributed by atoms with Gasteiger partial charge >= 0.3 is 0 Å². The predicted octanol–water partition coefficient (Wildman–Crippen LogP) is 2.13. The highest BCUT2D eigenvalue weighted by Gasteiger charge is 2.41. The van der Waals surface area contributed by atoms with Gasteiger partial charge in [0.1, 0.15) is 0 Å². The van der Waals surface area contributed by atoms with Crippen LogP contribution in [0.5, 0.6) is 0 Å². The van der Waals surface area contributed by atoms with Crippen molar-refractivity contribution in [3.8, 4) is 0 Å². The van der Waals surface area contributed by atoms with Gasteiger partial charge in [0.15, 0.2) is 23.3 Å². The molecule has 0 aliphatic carbocycles. The molecule has 1 aromatic heterocycles. The Balaban J connectivity index is 1.80. The van der Waals surface area contributed by atoms with E-state index in [1.165, 1.54) is 0 Å². The predicted molar refractivity (Wildman–Crippen MR) is 63.6 cm³/mol. The van der Waals surface area contributed by atoms with E-state index in [0.29, 0.717) is 0 Å². The number of ether oxygens (including phenoxy) is 1. The third-order valence-corrected chi connectivity index (χ3v) is 3.59. The molecule has 0 aromatic carbocycles. The van der Waals surface area contributed by atoms with Gasteiger partial charge in [-0.25, -0.2) is 13.8 Å². The summed E-state index contributed by atoms with van der Waals surface area (Å²) in [5, 5.41) is 5.62. The summed E-state index contributed by atoms with van der Waals surface area (Å²) in [6, 6.07) is 0.913. The lowest BCUT2D eigenvalue weighted by Crippen LogP contribution is -2.31. The summed E-state index contributed by atoms with van der Waals surface area (Å²) in [7, 11) is 1.55. The molecule has 3 heterocycles. The summed E-state index contributed by atoms with van der Waals surface area (Å²) >= 11 is 0. The summed E-state index contributed by atoms with van der Waals surface area (Å²) in [6.07, 6.45) is 3.32. The third-order valence-electron chi connectivity index (χ3n) is 3.59. The van der Waals surface area contributed by atoms with Crippen molar-refractivity contribution < 1.29 is 13.5 Å². The minimum atomic E-state index is -0.690. The number of hydrogen-bond acceptors (Lipinski definition) is 4. The largest absolute Gasteiger partial charge is 0.373 e. The summed E-state index contributed by atoms with van der Waals surface area (Å²) in [5.41, 5.74) is 0. The SMILES string of the molecule is CNc1nc(NC2CC3CCC2O3)c(F)cc1F. The summed E-state index contributed by atoms with van der Waals surface area (Å²) < 4.78 is 32.6. The van der Waals surface area contributed by atoms with E-state index < -0.39 is 11.6 Å². The van der Waals surface area contributed by atoms with E-state index >= 15 is 0 Å². The summed E-state index contributed by atoms with van der Waals surface area (Å²) in [4.78, 5) is 3.91. The Labute approximate surface area is 104 Å². The van der Waals surface area contributed by atoms with E-state index in [1.807, 2.05) is 0 Å². The number of aromatic nitrogens is 1. The van der Waals surface area contributed by atoms with Gasteiger partial charge in [0.2, 0.25) is 0 Å². The van der Waals surface area contributed by atoms with E-state index in [1.54, 1.807) is 7.05 Å². The molecule has 2 aliphatic heterocycles. The molecule has 98 valence electrons. The van der Waals surface area contributed by atoms with Gasteiger partial charge in [-0.1, -0.05) is 0 Å². The van der Waals surface area contributed by atoms with Crippen LogP contribution in [0.25, 0.3) is 0 Å². The fourth-order valence-corrected chi connectivity index (χ4v) is 2.71. The molecule has 0 radical (unpaired) electrons. The van der Waals surface area contributed by atoms with E-state index in [9.17, 15) is 8.78 Å². The molecular formula is C12H15F2N3O. The van der Waals surface area contributed by atoms with Crippen LogP contribution in [0.1, 0.15) is 19.3 Å².